The summed E-state index contributed by atoms with van der Waals surface area (Å²) in [6.45, 7) is 4.23. The number of hydrogen-bond acceptors (Lipinski definition) is 4. The number of hydrogen-bond donors (Lipinski definition) is 1. The number of carboxylic acids is 1. The predicted molar refractivity (Wildman–Crippen MR) is 134 cm³/mol. The Bertz CT molecular complexity index is 1250. The molecule has 5 unspecified atom stereocenters. The predicted octanol–water partition coefficient (Wildman–Crippen LogP) is 7.41. The number of benzene rings is 2. The number of rotatable bonds is 7. The first-order valence-electron chi connectivity index (χ1n) is 13.4. The summed E-state index contributed by atoms with van der Waals surface area (Å²) in [5.41, 5.74) is -4.08. The summed E-state index contributed by atoms with van der Waals surface area (Å²) in [6.07, 6.45) is -11.1. The molecule has 0 saturated carbocycles. The van der Waals surface area contributed by atoms with Crippen molar-refractivity contribution < 1.29 is 54.5 Å². The fraction of sp³-hybridized carbons (Fsp3) is 0.552. The first-order chi connectivity index (χ1) is 19.5. The third kappa shape index (κ3) is 7.23. The number of nitrogens with zero attached hydrogens (tertiary/aromatic N) is 1. The summed E-state index contributed by atoms with van der Waals surface area (Å²) in [7, 11) is 0. The molecule has 4 rings (SSSR count). The van der Waals surface area contributed by atoms with E-state index in [2.05, 4.69) is 0 Å². The quantitative estimate of drug-likeness (QED) is 0.332. The number of carbonyl (C=O) groups is 1. The molecule has 2 fully saturated rings. The van der Waals surface area contributed by atoms with E-state index in [-0.39, 0.29) is 36.3 Å². The zero-order valence-electron chi connectivity index (χ0n) is 22.9. The molecule has 13 heteroatoms. The normalized spacial score (nSPS) is 26.7. The molecule has 0 amide bonds. The van der Waals surface area contributed by atoms with Gasteiger partial charge in [0.15, 0.2) is 17.9 Å². The number of carboxylic acid groups (broad SMARTS) is 1. The van der Waals surface area contributed by atoms with Crippen molar-refractivity contribution in [3.8, 4) is 0 Å². The number of halogens is 8. The average molecular weight is 610 g/mol. The van der Waals surface area contributed by atoms with Crippen molar-refractivity contribution in [2.24, 2.45) is 11.3 Å². The Morgan fingerprint density at radius 3 is 2.29 bits per heavy atom. The van der Waals surface area contributed by atoms with Crippen LogP contribution in [0.15, 0.2) is 36.4 Å². The van der Waals surface area contributed by atoms with E-state index in [1.807, 2.05) is 4.90 Å². The summed E-state index contributed by atoms with van der Waals surface area (Å²) < 4.78 is 121. The minimum Gasteiger partial charge on any atom is -0.481 e. The molecule has 0 aliphatic carbocycles. The largest absolute Gasteiger partial charge is 0.481 e. The van der Waals surface area contributed by atoms with Crippen LogP contribution < -0.4 is 0 Å². The lowest BCUT2D eigenvalue weighted by Crippen LogP contribution is -2.49. The summed E-state index contributed by atoms with van der Waals surface area (Å²) in [4.78, 5) is 13.8. The van der Waals surface area contributed by atoms with Crippen LogP contribution in [0.3, 0.4) is 0 Å². The third-order valence-electron chi connectivity index (χ3n) is 8.10. The average Bonchev–Trinajstić information content (AvgIpc) is 2.89. The maximum atomic E-state index is 14.3. The molecule has 2 aromatic carbocycles. The van der Waals surface area contributed by atoms with Crippen molar-refractivity contribution in [3.63, 3.8) is 0 Å². The maximum absolute atomic E-state index is 14.3. The van der Waals surface area contributed by atoms with Gasteiger partial charge in [-0.05, 0) is 87.0 Å². The molecule has 0 aromatic heterocycles. The number of likely N-dealkylation sites (tertiary alicyclic amines) is 1. The Balaban J connectivity index is 1.66. The van der Waals surface area contributed by atoms with E-state index in [0.717, 1.165) is 12.1 Å². The van der Waals surface area contributed by atoms with Gasteiger partial charge in [-0.3, -0.25) is 4.79 Å². The summed E-state index contributed by atoms with van der Waals surface area (Å²) in [5.74, 6) is -4.32. The SMILES string of the molecule is CC(OC1OCCC(CN2CCCC(C)(C(=O)O)C2)C1c1ccc(F)c(F)c1)c1cc(C(F)(F)F)cc(C(F)(F)F)c1. The van der Waals surface area contributed by atoms with Crippen LogP contribution in [0.25, 0.3) is 0 Å². The van der Waals surface area contributed by atoms with E-state index in [4.69, 9.17) is 9.47 Å². The highest BCUT2D eigenvalue weighted by atomic mass is 19.4. The highest BCUT2D eigenvalue weighted by Crippen LogP contribution is 2.42. The lowest BCUT2D eigenvalue weighted by atomic mass is 9.78. The van der Waals surface area contributed by atoms with Crippen molar-refractivity contribution >= 4 is 5.97 Å². The Labute approximate surface area is 237 Å². The number of alkyl halides is 6. The van der Waals surface area contributed by atoms with Crippen molar-refractivity contribution in [1.82, 2.24) is 4.90 Å². The maximum Gasteiger partial charge on any atom is 0.416 e. The first-order valence-corrected chi connectivity index (χ1v) is 13.4. The van der Waals surface area contributed by atoms with Crippen LogP contribution >= 0.6 is 0 Å². The molecular formula is C29H31F8NO4. The fourth-order valence-corrected chi connectivity index (χ4v) is 5.82. The van der Waals surface area contributed by atoms with E-state index in [1.54, 1.807) is 6.92 Å². The third-order valence-corrected chi connectivity index (χ3v) is 8.10. The minimum absolute atomic E-state index is 0.0248. The van der Waals surface area contributed by atoms with Gasteiger partial charge in [0.2, 0.25) is 0 Å². The van der Waals surface area contributed by atoms with Crippen LogP contribution in [-0.4, -0.2) is 48.5 Å². The molecule has 0 spiro atoms. The van der Waals surface area contributed by atoms with E-state index in [9.17, 15) is 45.0 Å². The van der Waals surface area contributed by atoms with Crippen LogP contribution in [0.2, 0.25) is 0 Å². The molecule has 2 aliphatic rings. The summed E-state index contributed by atoms with van der Waals surface area (Å²) >= 11 is 0. The van der Waals surface area contributed by atoms with Gasteiger partial charge in [0.05, 0.1) is 29.3 Å². The minimum atomic E-state index is -5.05. The molecule has 2 saturated heterocycles. The summed E-state index contributed by atoms with van der Waals surface area (Å²) in [5, 5.41) is 9.71. The molecule has 2 aliphatic heterocycles. The van der Waals surface area contributed by atoms with E-state index >= 15 is 0 Å². The van der Waals surface area contributed by atoms with Gasteiger partial charge in [-0.2, -0.15) is 26.3 Å². The van der Waals surface area contributed by atoms with Gasteiger partial charge in [0, 0.05) is 19.0 Å². The van der Waals surface area contributed by atoms with Gasteiger partial charge < -0.3 is 19.5 Å². The van der Waals surface area contributed by atoms with Gasteiger partial charge in [-0.1, -0.05) is 6.07 Å². The second-order valence-electron chi connectivity index (χ2n) is 11.3. The van der Waals surface area contributed by atoms with Crippen molar-refractivity contribution in [1.29, 1.82) is 0 Å². The monoisotopic (exact) mass is 609 g/mol. The van der Waals surface area contributed by atoms with Crippen LogP contribution in [0.1, 0.15) is 67.4 Å². The van der Waals surface area contributed by atoms with Crippen LogP contribution in [0.4, 0.5) is 35.1 Å². The van der Waals surface area contributed by atoms with Crippen LogP contribution in [0, 0.1) is 23.0 Å². The van der Waals surface area contributed by atoms with Crippen molar-refractivity contribution in [2.45, 2.75) is 63.8 Å². The zero-order chi connectivity index (χ0) is 31.0. The number of aliphatic carboxylic acids is 1. The van der Waals surface area contributed by atoms with Gasteiger partial charge >= 0.3 is 18.3 Å². The Morgan fingerprint density at radius 1 is 1.07 bits per heavy atom. The van der Waals surface area contributed by atoms with Crippen molar-refractivity contribution in [3.05, 3.63) is 70.3 Å². The second kappa shape index (κ2) is 12.1. The molecular weight excluding hydrogens is 578 g/mol. The highest BCUT2D eigenvalue weighted by molar-refractivity contribution is 5.74. The molecule has 1 N–H and O–H groups in total. The van der Waals surface area contributed by atoms with Crippen LogP contribution in [0.5, 0.6) is 0 Å². The topological polar surface area (TPSA) is 59.0 Å². The second-order valence-corrected chi connectivity index (χ2v) is 11.3. The lowest BCUT2D eigenvalue weighted by molar-refractivity contribution is -0.211. The van der Waals surface area contributed by atoms with E-state index in [0.29, 0.717) is 44.5 Å². The van der Waals surface area contributed by atoms with E-state index in [1.165, 1.54) is 13.0 Å². The molecule has 5 atom stereocenters. The van der Waals surface area contributed by atoms with Gasteiger partial charge in [0.1, 0.15) is 0 Å². The molecule has 0 radical (unpaired) electrons. The molecule has 5 nitrogen and oxygen atoms in total. The van der Waals surface area contributed by atoms with Gasteiger partial charge in [-0.15, -0.1) is 0 Å². The smallest absolute Gasteiger partial charge is 0.416 e. The van der Waals surface area contributed by atoms with Gasteiger partial charge in [-0.25, -0.2) is 8.78 Å². The molecule has 2 aromatic rings. The molecule has 2 heterocycles. The molecule has 0 bridgehead atoms. The Kier molecular flexibility index (Phi) is 9.25. The van der Waals surface area contributed by atoms with E-state index < -0.39 is 64.8 Å². The van der Waals surface area contributed by atoms with Crippen molar-refractivity contribution in [2.75, 3.05) is 26.2 Å². The number of piperidine rings is 1. The van der Waals surface area contributed by atoms with Gasteiger partial charge in [0.25, 0.3) is 0 Å². The summed E-state index contributed by atoms with van der Waals surface area (Å²) in [6, 6.07) is 4.39. The number of ether oxygens (including phenoxy) is 2. The standard InChI is InChI=1S/C29H31F8NO4/c1-16(19-10-20(28(32,33)34)13-21(11-19)29(35,36)37)42-25-24(17-4-5-22(30)23(31)12-17)18(6-9-41-25)14-38-8-3-7-27(2,15-38)26(39)40/h4-5,10-13,16,18,24-25H,3,6-9,14-15H2,1-2H3,(H,39,40). The molecule has 232 valence electrons. The Hall–Kier alpha value is -2.77. The highest BCUT2D eigenvalue weighted by Gasteiger charge is 2.43. The lowest BCUT2D eigenvalue weighted by Gasteiger charge is -2.44. The Morgan fingerprint density at radius 2 is 1.71 bits per heavy atom. The first kappa shape index (κ1) is 32.2. The zero-order valence-corrected chi connectivity index (χ0v) is 22.9. The molecule has 42 heavy (non-hydrogen) atoms. The van der Waals surface area contributed by atoms with Crippen LogP contribution in [-0.2, 0) is 26.6 Å². The fourth-order valence-electron chi connectivity index (χ4n) is 5.82.